The molecule has 0 N–H and O–H groups in total. The molecule has 0 fully saturated rings. The Morgan fingerprint density at radius 2 is 1.85 bits per heavy atom. The van der Waals surface area contributed by atoms with Gasteiger partial charge in [-0.05, 0) is 49.7 Å². The molecule has 2 rings (SSSR count). The van der Waals surface area contributed by atoms with Gasteiger partial charge in [0, 0.05) is 18.8 Å². The van der Waals surface area contributed by atoms with Crippen LogP contribution in [0, 0.1) is 24.1 Å². The summed E-state index contributed by atoms with van der Waals surface area (Å²) in [5, 5.41) is 8.90. The number of nitriles is 1. The fourth-order valence-corrected chi connectivity index (χ4v) is 2.17. The SMILES string of the molecule is CCN(Cc1cc(F)cc(C#N)c1)c1ccc(C)cc1. The minimum absolute atomic E-state index is 0.361. The van der Waals surface area contributed by atoms with E-state index in [0.29, 0.717) is 12.1 Å². The van der Waals surface area contributed by atoms with Crippen molar-refractivity contribution in [3.8, 4) is 6.07 Å². The molecule has 0 aliphatic rings. The van der Waals surface area contributed by atoms with Crippen LogP contribution in [0.4, 0.5) is 10.1 Å². The van der Waals surface area contributed by atoms with Crippen molar-refractivity contribution in [2.24, 2.45) is 0 Å². The third-order valence-corrected chi connectivity index (χ3v) is 3.24. The molecule has 20 heavy (non-hydrogen) atoms. The molecule has 2 aromatic rings. The number of hydrogen-bond acceptors (Lipinski definition) is 2. The molecule has 0 radical (unpaired) electrons. The second-order valence-corrected chi connectivity index (χ2v) is 4.81. The van der Waals surface area contributed by atoms with Crippen molar-refractivity contribution in [3.05, 3.63) is 65.0 Å². The van der Waals surface area contributed by atoms with E-state index in [4.69, 9.17) is 5.26 Å². The molecule has 2 aromatic carbocycles. The van der Waals surface area contributed by atoms with E-state index < -0.39 is 0 Å². The highest BCUT2D eigenvalue weighted by Gasteiger charge is 2.07. The lowest BCUT2D eigenvalue weighted by Crippen LogP contribution is -2.22. The van der Waals surface area contributed by atoms with E-state index in [1.54, 1.807) is 6.07 Å². The Hall–Kier alpha value is -2.34. The Morgan fingerprint density at radius 1 is 1.15 bits per heavy atom. The average molecular weight is 268 g/mol. The van der Waals surface area contributed by atoms with E-state index in [9.17, 15) is 4.39 Å². The van der Waals surface area contributed by atoms with Crippen molar-refractivity contribution in [2.75, 3.05) is 11.4 Å². The first-order valence-electron chi connectivity index (χ1n) is 6.63. The van der Waals surface area contributed by atoms with E-state index in [-0.39, 0.29) is 5.82 Å². The highest BCUT2D eigenvalue weighted by Crippen LogP contribution is 2.19. The minimum Gasteiger partial charge on any atom is -0.367 e. The summed E-state index contributed by atoms with van der Waals surface area (Å²) in [6.45, 7) is 5.52. The summed E-state index contributed by atoms with van der Waals surface area (Å²) in [5.74, 6) is -0.362. The fraction of sp³-hybridized carbons (Fsp3) is 0.235. The Kier molecular flexibility index (Phi) is 4.37. The van der Waals surface area contributed by atoms with Gasteiger partial charge in [-0.1, -0.05) is 17.7 Å². The van der Waals surface area contributed by atoms with E-state index in [1.807, 2.05) is 13.0 Å². The lowest BCUT2D eigenvalue weighted by atomic mass is 10.1. The molecule has 0 aromatic heterocycles. The third kappa shape index (κ3) is 3.36. The molecule has 0 bridgehead atoms. The monoisotopic (exact) mass is 268 g/mol. The standard InChI is InChI=1S/C17H17FN2/c1-3-20(17-6-4-13(2)5-7-17)12-15-8-14(11-19)9-16(18)10-15/h4-10H,3,12H2,1-2H3. The smallest absolute Gasteiger partial charge is 0.124 e. The summed E-state index contributed by atoms with van der Waals surface area (Å²) >= 11 is 0. The van der Waals surface area contributed by atoms with Gasteiger partial charge in [-0.3, -0.25) is 0 Å². The molecule has 102 valence electrons. The van der Waals surface area contributed by atoms with Crippen molar-refractivity contribution in [1.82, 2.24) is 0 Å². The Morgan fingerprint density at radius 3 is 2.45 bits per heavy atom. The van der Waals surface area contributed by atoms with Gasteiger partial charge >= 0.3 is 0 Å². The summed E-state index contributed by atoms with van der Waals surface area (Å²) in [5.41, 5.74) is 3.48. The molecule has 0 unspecified atom stereocenters. The van der Waals surface area contributed by atoms with Crippen LogP contribution in [0.25, 0.3) is 0 Å². The average Bonchev–Trinajstić information content (AvgIpc) is 2.45. The van der Waals surface area contributed by atoms with Gasteiger partial charge < -0.3 is 4.90 Å². The van der Waals surface area contributed by atoms with Crippen LogP contribution in [0.5, 0.6) is 0 Å². The highest BCUT2D eigenvalue weighted by molar-refractivity contribution is 5.48. The third-order valence-electron chi connectivity index (χ3n) is 3.24. The number of benzene rings is 2. The largest absolute Gasteiger partial charge is 0.367 e. The van der Waals surface area contributed by atoms with Gasteiger partial charge in [0.2, 0.25) is 0 Å². The highest BCUT2D eigenvalue weighted by atomic mass is 19.1. The molecule has 0 aliphatic heterocycles. The molecule has 0 aliphatic carbocycles. The quantitative estimate of drug-likeness (QED) is 0.837. The zero-order valence-corrected chi connectivity index (χ0v) is 11.7. The van der Waals surface area contributed by atoms with E-state index in [0.717, 1.165) is 17.8 Å². The van der Waals surface area contributed by atoms with Gasteiger partial charge in [0.1, 0.15) is 5.82 Å². The molecule has 0 spiro atoms. The summed E-state index contributed by atoms with van der Waals surface area (Å²) in [6, 6.07) is 14.7. The maximum Gasteiger partial charge on any atom is 0.124 e. The number of nitrogens with zero attached hydrogens (tertiary/aromatic N) is 2. The molecule has 0 saturated heterocycles. The van der Waals surface area contributed by atoms with Crippen LogP contribution in [0.2, 0.25) is 0 Å². The Labute approximate surface area is 119 Å². The Bertz CT molecular complexity index is 626. The van der Waals surface area contributed by atoms with E-state index in [2.05, 4.69) is 36.1 Å². The topological polar surface area (TPSA) is 27.0 Å². The first-order valence-corrected chi connectivity index (χ1v) is 6.63. The van der Waals surface area contributed by atoms with Crippen LogP contribution in [-0.4, -0.2) is 6.54 Å². The van der Waals surface area contributed by atoms with Crippen molar-refractivity contribution in [1.29, 1.82) is 5.26 Å². The summed E-state index contributed by atoms with van der Waals surface area (Å²) in [6.07, 6.45) is 0. The van der Waals surface area contributed by atoms with E-state index in [1.165, 1.54) is 17.7 Å². The number of halogens is 1. The maximum absolute atomic E-state index is 13.5. The zero-order chi connectivity index (χ0) is 14.5. The number of anilines is 1. The van der Waals surface area contributed by atoms with Gasteiger partial charge in [-0.25, -0.2) is 4.39 Å². The summed E-state index contributed by atoms with van der Waals surface area (Å²) in [4.78, 5) is 2.15. The molecule has 0 atom stereocenters. The molecule has 3 heteroatoms. The summed E-state index contributed by atoms with van der Waals surface area (Å²) in [7, 11) is 0. The predicted octanol–water partition coefficient (Wildman–Crippen LogP) is 4.03. The van der Waals surface area contributed by atoms with Crippen LogP contribution in [0.3, 0.4) is 0 Å². The van der Waals surface area contributed by atoms with Crippen LogP contribution in [0.1, 0.15) is 23.6 Å². The van der Waals surface area contributed by atoms with Gasteiger partial charge in [0.05, 0.1) is 11.6 Å². The zero-order valence-electron chi connectivity index (χ0n) is 11.7. The molecular weight excluding hydrogens is 251 g/mol. The molecule has 2 nitrogen and oxygen atoms in total. The van der Waals surface area contributed by atoms with Crippen LogP contribution in [-0.2, 0) is 6.54 Å². The van der Waals surface area contributed by atoms with Crippen molar-refractivity contribution < 1.29 is 4.39 Å². The molecular formula is C17H17FN2. The second kappa shape index (κ2) is 6.21. The lowest BCUT2D eigenvalue weighted by Gasteiger charge is -2.23. The van der Waals surface area contributed by atoms with Crippen LogP contribution >= 0.6 is 0 Å². The van der Waals surface area contributed by atoms with Crippen molar-refractivity contribution in [2.45, 2.75) is 20.4 Å². The Balaban J connectivity index is 2.24. The summed E-state index contributed by atoms with van der Waals surface area (Å²) < 4.78 is 13.5. The molecule has 0 saturated carbocycles. The van der Waals surface area contributed by atoms with Gasteiger partial charge in [0.25, 0.3) is 0 Å². The maximum atomic E-state index is 13.5. The predicted molar refractivity (Wildman–Crippen MR) is 79.0 cm³/mol. The molecule has 0 heterocycles. The van der Waals surface area contributed by atoms with Crippen LogP contribution < -0.4 is 4.90 Å². The lowest BCUT2D eigenvalue weighted by molar-refractivity contribution is 0.624. The normalized spacial score (nSPS) is 10.1. The second-order valence-electron chi connectivity index (χ2n) is 4.81. The number of rotatable bonds is 4. The van der Waals surface area contributed by atoms with E-state index >= 15 is 0 Å². The van der Waals surface area contributed by atoms with Crippen molar-refractivity contribution >= 4 is 5.69 Å². The first kappa shape index (κ1) is 14.1. The van der Waals surface area contributed by atoms with Gasteiger partial charge in [-0.15, -0.1) is 0 Å². The number of aryl methyl sites for hydroxylation is 1. The van der Waals surface area contributed by atoms with Gasteiger partial charge in [-0.2, -0.15) is 5.26 Å². The fourth-order valence-electron chi connectivity index (χ4n) is 2.17. The van der Waals surface area contributed by atoms with Gasteiger partial charge in [0.15, 0.2) is 0 Å². The van der Waals surface area contributed by atoms with Crippen molar-refractivity contribution in [3.63, 3.8) is 0 Å². The first-order chi connectivity index (χ1) is 9.62. The van der Waals surface area contributed by atoms with Crippen LogP contribution in [0.15, 0.2) is 42.5 Å². The minimum atomic E-state index is -0.362. The molecule has 0 amide bonds. The number of hydrogen-bond donors (Lipinski definition) is 0.